The molecule has 1 heterocycles. The molecule has 18 heavy (non-hydrogen) atoms. The first-order valence-corrected chi connectivity index (χ1v) is 5.02. The van der Waals surface area contributed by atoms with Crippen molar-refractivity contribution in [3.63, 3.8) is 0 Å². The predicted octanol–water partition coefficient (Wildman–Crippen LogP) is 3.23. The topological polar surface area (TPSA) is 48.1 Å². The molecule has 2 N–H and O–H groups in total. The van der Waals surface area contributed by atoms with Crippen LogP contribution >= 0.6 is 0 Å². The van der Waals surface area contributed by atoms with Crippen LogP contribution in [-0.4, -0.2) is 11.3 Å². The highest BCUT2D eigenvalue weighted by atomic mass is 19.4. The van der Waals surface area contributed by atoms with Crippen LogP contribution in [0.3, 0.4) is 0 Å². The molecule has 0 saturated carbocycles. The Hall–Kier alpha value is -2.24. The lowest BCUT2D eigenvalue weighted by Gasteiger charge is -2.09. The first kappa shape index (κ1) is 12.2. The molecule has 6 heteroatoms. The highest BCUT2D eigenvalue weighted by Crippen LogP contribution is 2.26. The Kier molecular flexibility index (Phi) is 3.10. The van der Waals surface area contributed by atoms with Gasteiger partial charge in [0.05, 0.1) is 0 Å². The summed E-state index contributed by atoms with van der Waals surface area (Å²) in [6.45, 7) is 0. The Morgan fingerprint density at radius 1 is 0.944 bits per heavy atom. The minimum absolute atomic E-state index is 0.255. The second kappa shape index (κ2) is 4.56. The van der Waals surface area contributed by atoms with Crippen molar-refractivity contribution in [2.24, 2.45) is 0 Å². The van der Waals surface area contributed by atoms with E-state index in [0.717, 1.165) is 11.1 Å². The van der Waals surface area contributed by atoms with Gasteiger partial charge in [0.25, 0.3) is 0 Å². The van der Waals surface area contributed by atoms with Crippen LogP contribution in [0.2, 0.25) is 0 Å². The molecule has 0 aliphatic carbocycles. The van der Waals surface area contributed by atoms with Crippen LogP contribution in [-0.2, 0) is 0 Å². The average Bonchev–Trinajstić information content (AvgIpc) is 2.29. The maximum atomic E-state index is 12.0. The first-order chi connectivity index (χ1) is 8.44. The van der Waals surface area contributed by atoms with Crippen molar-refractivity contribution >= 4 is 5.82 Å². The van der Waals surface area contributed by atoms with Crippen LogP contribution in [0.4, 0.5) is 19.0 Å². The zero-order chi connectivity index (χ0) is 13.2. The number of anilines is 1. The van der Waals surface area contributed by atoms with Gasteiger partial charge in [0.2, 0.25) is 0 Å². The van der Waals surface area contributed by atoms with E-state index in [4.69, 9.17) is 5.73 Å². The molecule has 0 unspecified atom stereocenters. The summed E-state index contributed by atoms with van der Waals surface area (Å²) < 4.78 is 39.7. The Morgan fingerprint density at radius 2 is 1.56 bits per heavy atom. The minimum atomic E-state index is -4.68. The molecule has 0 bridgehead atoms. The standard InChI is InChI=1S/C12H9F3N2O/c13-12(14,15)18-10-4-1-8(2-5-10)9-3-6-11(16)17-7-9/h1-7H,(H2,16,17). The summed E-state index contributed by atoms with van der Waals surface area (Å²) in [5.41, 5.74) is 6.94. The second-order valence-electron chi connectivity index (χ2n) is 3.54. The molecule has 0 atom stereocenters. The van der Waals surface area contributed by atoms with Crippen molar-refractivity contribution in [3.05, 3.63) is 42.6 Å². The van der Waals surface area contributed by atoms with Crippen LogP contribution in [0.5, 0.6) is 5.75 Å². The summed E-state index contributed by atoms with van der Waals surface area (Å²) in [5.74, 6) is 0.130. The van der Waals surface area contributed by atoms with Crippen LogP contribution in [0.25, 0.3) is 11.1 Å². The molecule has 3 nitrogen and oxygen atoms in total. The van der Waals surface area contributed by atoms with Crippen molar-refractivity contribution in [1.82, 2.24) is 4.98 Å². The number of benzene rings is 1. The molecule has 1 aromatic carbocycles. The molecule has 2 rings (SSSR count). The quantitative estimate of drug-likeness (QED) is 0.895. The van der Waals surface area contributed by atoms with E-state index in [1.807, 2.05) is 0 Å². The maximum absolute atomic E-state index is 12.0. The van der Waals surface area contributed by atoms with Gasteiger partial charge in [0, 0.05) is 11.8 Å². The number of nitrogens with two attached hydrogens (primary N) is 1. The molecule has 0 fully saturated rings. The fraction of sp³-hybridized carbons (Fsp3) is 0.0833. The predicted molar refractivity (Wildman–Crippen MR) is 60.8 cm³/mol. The maximum Gasteiger partial charge on any atom is 0.573 e. The van der Waals surface area contributed by atoms with E-state index in [0.29, 0.717) is 5.82 Å². The number of nitrogens with zero attached hydrogens (tertiary/aromatic N) is 1. The normalized spacial score (nSPS) is 11.3. The van der Waals surface area contributed by atoms with E-state index in [2.05, 4.69) is 9.72 Å². The highest BCUT2D eigenvalue weighted by Gasteiger charge is 2.30. The van der Waals surface area contributed by atoms with Crippen LogP contribution < -0.4 is 10.5 Å². The van der Waals surface area contributed by atoms with E-state index in [-0.39, 0.29) is 5.75 Å². The van der Waals surface area contributed by atoms with Gasteiger partial charge in [-0.1, -0.05) is 12.1 Å². The van der Waals surface area contributed by atoms with E-state index in [1.54, 1.807) is 18.3 Å². The number of hydrogen-bond acceptors (Lipinski definition) is 3. The van der Waals surface area contributed by atoms with Crippen LogP contribution in [0.15, 0.2) is 42.6 Å². The summed E-state index contributed by atoms with van der Waals surface area (Å²) in [4.78, 5) is 3.90. The van der Waals surface area contributed by atoms with Crippen molar-refractivity contribution in [1.29, 1.82) is 0 Å². The molecular weight excluding hydrogens is 245 g/mol. The smallest absolute Gasteiger partial charge is 0.406 e. The molecule has 0 aliphatic rings. The van der Waals surface area contributed by atoms with Gasteiger partial charge < -0.3 is 10.5 Å². The molecular formula is C12H9F3N2O. The summed E-state index contributed by atoms with van der Waals surface area (Å²) >= 11 is 0. The van der Waals surface area contributed by atoms with Gasteiger partial charge in [-0.05, 0) is 29.8 Å². The number of halogens is 3. The number of nitrogen functional groups attached to an aromatic ring is 1. The van der Waals surface area contributed by atoms with Crippen molar-refractivity contribution in [2.75, 3.05) is 5.73 Å². The lowest BCUT2D eigenvalue weighted by molar-refractivity contribution is -0.274. The molecule has 94 valence electrons. The van der Waals surface area contributed by atoms with Gasteiger partial charge in [-0.2, -0.15) is 0 Å². The fourth-order valence-electron chi connectivity index (χ4n) is 1.43. The van der Waals surface area contributed by atoms with Gasteiger partial charge in [0.15, 0.2) is 0 Å². The van der Waals surface area contributed by atoms with Crippen molar-refractivity contribution in [3.8, 4) is 16.9 Å². The Morgan fingerprint density at radius 3 is 2.06 bits per heavy atom. The molecule has 0 aliphatic heterocycles. The van der Waals surface area contributed by atoms with Crippen molar-refractivity contribution in [2.45, 2.75) is 6.36 Å². The molecule has 0 spiro atoms. The van der Waals surface area contributed by atoms with Gasteiger partial charge in [-0.25, -0.2) is 4.98 Å². The van der Waals surface area contributed by atoms with Crippen LogP contribution in [0.1, 0.15) is 0 Å². The Labute approximate surface area is 101 Å². The minimum Gasteiger partial charge on any atom is -0.406 e. The van der Waals surface area contributed by atoms with Crippen molar-refractivity contribution < 1.29 is 17.9 Å². The second-order valence-corrected chi connectivity index (χ2v) is 3.54. The van der Waals surface area contributed by atoms with E-state index in [9.17, 15) is 13.2 Å². The number of ether oxygens (including phenoxy) is 1. The third-order valence-corrected chi connectivity index (χ3v) is 2.21. The van der Waals surface area contributed by atoms with Gasteiger partial charge in [-0.15, -0.1) is 13.2 Å². The summed E-state index contributed by atoms with van der Waals surface area (Å²) in [5, 5.41) is 0. The third-order valence-electron chi connectivity index (χ3n) is 2.21. The van der Waals surface area contributed by atoms with Gasteiger partial charge >= 0.3 is 6.36 Å². The van der Waals surface area contributed by atoms with Gasteiger partial charge in [-0.3, -0.25) is 0 Å². The summed E-state index contributed by atoms with van der Waals surface area (Å²) in [6, 6.07) is 8.90. The lowest BCUT2D eigenvalue weighted by Crippen LogP contribution is -2.16. The Bertz CT molecular complexity index is 521. The molecule has 2 aromatic rings. The number of rotatable bonds is 2. The number of aromatic nitrogens is 1. The van der Waals surface area contributed by atoms with E-state index < -0.39 is 6.36 Å². The Balaban J connectivity index is 2.20. The zero-order valence-electron chi connectivity index (χ0n) is 9.11. The monoisotopic (exact) mass is 254 g/mol. The van der Waals surface area contributed by atoms with Crippen LogP contribution in [0, 0.1) is 0 Å². The number of hydrogen-bond donors (Lipinski definition) is 1. The molecule has 0 radical (unpaired) electrons. The summed E-state index contributed by atoms with van der Waals surface area (Å²) in [6.07, 6.45) is -3.13. The highest BCUT2D eigenvalue weighted by molar-refractivity contribution is 5.64. The lowest BCUT2D eigenvalue weighted by atomic mass is 10.1. The first-order valence-electron chi connectivity index (χ1n) is 5.02. The number of alkyl halides is 3. The molecule has 1 aromatic heterocycles. The summed E-state index contributed by atoms with van der Waals surface area (Å²) in [7, 11) is 0. The largest absolute Gasteiger partial charge is 0.573 e. The molecule has 0 saturated heterocycles. The number of pyridine rings is 1. The average molecular weight is 254 g/mol. The van der Waals surface area contributed by atoms with E-state index in [1.165, 1.54) is 24.3 Å². The van der Waals surface area contributed by atoms with Gasteiger partial charge in [0.1, 0.15) is 11.6 Å². The zero-order valence-corrected chi connectivity index (χ0v) is 9.11. The van der Waals surface area contributed by atoms with E-state index >= 15 is 0 Å². The SMILES string of the molecule is Nc1ccc(-c2ccc(OC(F)(F)F)cc2)cn1. The third kappa shape index (κ3) is 3.13. The fourth-order valence-corrected chi connectivity index (χ4v) is 1.43. The molecule has 0 amide bonds.